The fourth-order valence-corrected chi connectivity index (χ4v) is 3.08. The zero-order valence-corrected chi connectivity index (χ0v) is 12.4. The first-order valence-electron chi connectivity index (χ1n) is 7.04. The average molecular weight is 298 g/mol. The van der Waals surface area contributed by atoms with Crippen molar-refractivity contribution in [2.45, 2.75) is 18.8 Å². The summed E-state index contributed by atoms with van der Waals surface area (Å²) < 4.78 is 17.4. The summed E-state index contributed by atoms with van der Waals surface area (Å²) in [6.07, 6.45) is 0.0781. The first-order valence-corrected chi connectivity index (χ1v) is 7.42. The van der Waals surface area contributed by atoms with Gasteiger partial charge >= 0.3 is 0 Å². The molecule has 0 bridgehead atoms. The molecule has 2 saturated heterocycles. The van der Waals surface area contributed by atoms with E-state index in [1.165, 1.54) is 0 Å². The van der Waals surface area contributed by atoms with Gasteiger partial charge in [-0.2, -0.15) is 0 Å². The Bertz CT molecular complexity index is 464. The van der Waals surface area contributed by atoms with Crippen molar-refractivity contribution < 1.29 is 14.2 Å². The van der Waals surface area contributed by atoms with Crippen molar-refractivity contribution in [1.82, 2.24) is 4.90 Å². The normalized spacial score (nSPS) is 31.6. The minimum Gasteiger partial charge on any atom is -0.379 e. The molecule has 5 heteroatoms. The van der Waals surface area contributed by atoms with Crippen molar-refractivity contribution in [2.75, 3.05) is 39.5 Å². The summed E-state index contributed by atoms with van der Waals surface area (Å²) in [5.74, 6) is -0.741. The van der Waals surface area contributed by atoms with Crippen LogP contribution in [0.3, 0.4) is 0 Å². The Balaban J connectivity index is 1.64. The standard InChI is InChI=1S/C15H20ClNO3/c1-15(13-4-2-3-5-14(13)16)19-11-12(20-15)10-17-6-8-18-9-7-17/h2-5,12H,6-11H2,1H3. The Morgan fingerprint density at radius 1 is 1.30 bits per heavy atom. The SMILES string of the molecule is CC1(c2ccccc2Cl)OCC(CN2CCOCC2)O1. The van der Waals surface area contributed by atoms with Crippen LogP contribution in [-0.2, 0) is 20.0 Å². The zero-order chi connectivity index (χ0) is 14.0. The summed E-state index contributed by atoms with van der Waals surface area (Å²) in [5, 5.41) is 0.682. The molecule has 0 aromatic heterocycles. The molecule has 110 valence electrons. The molecule has 2 atom stereocenters. The van der Waals surface area contributed by atoms with Gasteiger partial charge in [-0.1, -0.05) is 29.8 Å². The molecule has 20 heavy (non-hydrogen) atoms. The Kier molecular flexibility index (Phi) is 4.29. The van der Waals surface area contributed by atoms with Crippen molar-refractivity contribution >= 4 is 11.6 Å². The summed E-state index contributed by atoms with van der Waals surface area (Å²) in [6, 6.07) is 7.69. The summed E-state index contributed by atoms with van der Waals surface area (Å²) in [7, 11) is 0. The molecule has 1 aromatic rings. The Morgan fingerprint density at radius 3 is 2.80 bits per heavy atom. The maximum atomic E-state index is 6.25. The zero-order valence-electron chi connectivity index (χ0n) is 11.7. The largest absolute Gasteiger partial charge is 0.379 e. The lowest BCUT2D eigenvalue weighted by Crippen LogP contribution is -2.42. The van der Waals surface area contributed by atoms with E-state index in [-0.39, 0.29) is 6.10 Å². The van der Waals surface area contributed by atoms with E-state index in [0.29, 0.717) is 11.6 Å². The highest BCUT2D eigenvalue weighted by atomic mass is 35.5. The van der Waals surface area contributed by atoms with Gasteiger partial charge in [0, 0.05) is 30.2 Å². The van der Waals surface area contributed by atoms with Crippen molar-refractivity contribution in [2.24, 2.45) is 0 Å². The molecule has 4 nitrogen and oxygen atoms in total. The number of benzene rings is 1. The summed E-state index contributed by atoms with van der Waals surface area (Å²) in [6.45, 7) is 6.94. The van der Waals surface area contributed by atoms with Gasteiger partial charge in [0.1, 0.15) is 0 Å². The second kappa shape index (κ2) is 6.00. The highest BCUT2D eigenvalue weighted by Gasteiger charge is 2.40. The van der Waals surface area contributed by atoms with Crippen LogP contribution in [0.5, 0.6) is 0 Å². The van der Waals surface area contributed by atoms with E-state index < -0.39 is 5.79 Å². The smallest absolute Gasteiger partial charge is 0.193 e. The van der Waals surface area contributed by atoms with E-state index >= 15 is 0 Å². The quantitative estimate of drug-likeness (QED) is 0.856. The molecule has 2 unspecified atom stereocenters. The van der Waals surface area contributed by atoms with Gasteiger partial charge in [-0.3, -0.25) is 4.90 Å². The highest BCUT2D eigenvalue weighted by molar-refractivity contribution is 6.31. The van der Waals surface area contributed by atoms with Crippen molar-refractivity contribution in [3.05, 3.63) is 34.9 Å². The first-order chi connectivity index (χ1) is 9.67. The van der Waals surface area contributed by atoms with E-state index in [9.17, 15) is 0 Å². The summed E-state index contributed by atoms with van der Waals surface area (Å²) >= 11 is 6.25. The van der Waals surface area contributed by atoms with Crippen LogP contribution < -0.4 is 0 Å². The van der Waals surface area contributed by atoms with Gasteiger partial charge in [-0.05, 0) is 13.0 Å². The Labute approximate surface area is 124 Å². The second-order valence-electron chi connectivity index (χ2n) is 5.39. The highest BCUT2D eigenvalue weighted by Crippen LogP contribution is 2.37. The molecule has 0 saturated carbocycles. The van der Waals surface area contributed by atoms with Crippen molar-refractivity contribution in [3.8, 4) is 0 Å². The molecule has 2 aliphatic heterocycles. The van der Waals surface area contributed by atoms with Crippen LogP contribution in [-0.4, -0.2) is 50.5 Å². The minimum absolute atomic E-state index is 0.0781. The number of nitrogens with zero attached hydrogens (tertiary/aromatic N) is 1. The topological polar surface area (TPSA) is 30.9 Å². The van der Waals surface area contributed by atoms with E-state index in [1.54, 1.807) is 0 Å². The van der Waals surface area contributed by atoms with Crippen LogP contribution in [0, 0.1) is 0 Å². The molecule has 2 aliphatic rings. The van der Waals surface area contributed by atoms with Gasteiger partial charge in [-0.25, -0.2) is 0 Å². The molecular weight excluding hydrogens is 278 g/mol. The maximum absolute atomic E-state index is 6.25. The van der Waals surface area contributed by atoms with Crippen molar-refractivity contribution in [1.29, 1.82) is 0 Å². The molecule has 1 aromatic carbocycles. The Morgan fingerprint density at radius 2 is 2.05 bits per heavy atom. The number of rotatable bonds is 3. The van der Waals surface area contributed by atoms with Gasteiger partial charge in [0.25, 0.3) is 0 Å². The van der Waals surface area contributed by atoms with Gasteiger partial charge in [0.2, 0.25) is 0 Å². The summed E-state index contributed by atoms with van der Waals surface area (Å²) in [5.41, 5.74) is 0.895. The van der Waals surface area contributed by atoms with E-state index in [2.05, 4.69) is 4.90 Å². The maximum Gasteiger partial charge on any atom is 0.193 e. The fraction of sp³-hybridized carbons (Fsp3) is 0.600. The third-order valence-electron chi connectivity index (χ3n) is 3.86. The predicted octanol–water partition coefficient (Wildman–Crippen LogP) is 2.26. The number of morpholine rings is 1. The number of ether oxygens (including phenoxy) is 3. The molecule has 0 N–H and O–H groups in total. The molecule has 2 fully saturated rings. The van der Waals surface area contributed by atoms with Crippen LogP contribution in [0.2, 0.25) is 5.02 Å². The van der Waals surface area contributed by atoms with E-state index in [4.69, 9.17) is 25.8 Å². The Hall–Kier alpha value is -0.650. The van der Waals surface area contributed by atoms with Crippen LogP contribution in [0.25, 0.3) is 0 Å². The van der Waals surface area contributed by atoms with Gasteiger partial charge in [-0.15, -0.1) is 0 Å². The molecule has 0 amide bonds. The van der Waals surface area contributed by atoms with E-state index in [0.717, 1.165) is 38.4 Å². The molecular formula is C15H20ClNO3. The third-order valence-corrected chi connectivity index (χ3v) is 4.19. The first kappa shape index (κ1) is 14.3. The number of hydrogen-bond acceptors (Lipinski definition) is 4. The molecule has 0 spiro atoms. The monoisotopic (exact) mass is 297 g/mol. The van der Waals surface area contributed by atoms with Gasteiger partial charge in [0.15, 0.2) is 5.79 Å². The third kappa shape index (κ3) is 3.00. The van der Waals surface area contributed by atoms with Crippen molar-refractivity contribution in [3.63, 3.8) is 0 Å². The minimum atomic E-state index is -0.741. The predicted molar refractivity (Wildman–Crippen MR) is 76.9 cm³/mol. The lowest BCUT2D eigenvalue weighted by Gasteiger charge is -2.29. The van der Waals surface area contributed by atoms with Crippen LogP contribution in [0.15, 0.2) is 24.3 Å². The van der Waals surface area contributed by atoms with E-state index in [1.807, 2.05) is 31.2 Å². The molecule has 0 radical (unpaired) electrons. The van der Waals surface area contributed by atoms with Gasteiger partial charge in [0.05, 0.1) is 25.9 Å². The van der Waals surface area contributed by atoms with Crippen LogP contribution >= 0.6 is 11.6 Å². The molecule has 0 aliphatic carbocycles. The molecule has 3 rings (SSSR count). The lowest BCUT2D eigenvalue weighted by molar-refractivity contribution is -0.164. The van der Waals surface area contributed by atoms with Crippen LogP contribution in [0.4, 0.5) is 0 Å². The average Bonchev–Trinajstić information content (AvgIpc) is 2.83. The lowest BCUT2D eigenvalue weighted by atomic mass is 10.1. The molecule has 2 heterocycles. The second-order valence-corrected chi connectivity index (χ2v) is 5.80. The number of hydrogen-bond donors (Lipinski definition) is 0. The number of halogens is 1. The summed E-state index contributed by atoms with van der Waals surface area (Å²) in [4.78, 5) is 2.36. The van der Waals surface area contributed by atoms with Crippen LogP contribution in [0.1, 0.15) is 12.5 Å². The fourth-order valence-electron chi connectivity index (χ4n) is 2.77. The van der Waals surface area contributed by atoms with Gasteiger partial charge < -0.3 is 14.2 Å².